The Balaban J connectivity index is 3.38. The van der Waals surface area contributed by atoms with Gasteiger partial charge in [-0.3, -0.25) is 4.79 Å². The summed E-state index contributed by atoms with van der Waals surface area (Å²) in [4.78, 5) is 10.9. The third-order valence-electron chi connectivity index (χ3n) is 1.73. The minimum atomic E-state index is -0.695. The quantitative estimate of drug-likeness (QED) is 0.679. The summed E-state index contributed by atoms with van der Waals surface area (Å²) >= 11 is 0. The predicted octanol–water partition coefficient (Wildman–Crippen LogP) is 1.23. The minimum Gasteiger partial charge on any atom is -0.507 e. The summed E-state index contributed by atoms with van der Waals surface area (Å²) in [5.41, 5.74) is 0.0777. The Hall–Kier alpha value is -1.42. The van der Waals surface area contributed by atoms with Gasteiger partial charge in [0, 0.05) is 17.2 Å². The number of carbonyl (C=O) groups is 1. The molecule has 0 heterocycles. The van der Waals surface area contributed by atoms with Crippen LogP contribution in [0.3, 0.4) is 0 Å². The zero-order chi connectivity index (χ0) is 10.0. The molecule has 1 rings (SSSR count). The summed E-state index contributed by atoms with van der Waals surface area (Å²) in [5.74, 6) is -1.48. The Morgan fingerprint density at radius 1 is 1.54 bits per heavy atom. The summed E-state index contributed by atoms with van der Waals surface area (Å²) in [6.07, 6.45) is 0. The number of aliphatic hydroxyl groups is 1. The van der Waals surface area contributed by atoms with E-state index in [-0.39, 0.29) is 16.9 Å². The maximum Gasteiger partial charge on any atom is 0.160 e. The number of aliphatic hydroxyl groups excluding tert-OH is 1. The van der Waals surface area contributed by atoms with Crippen molar-refractivity contribution in [1.82, 2.24) is 0 Å². The topological polar surface area (TPSA) is 57.5 Å². The molecule has 0 amide bonds. The molecule has 0 bridgehead atoms. The van der Waals surface area contributed by atoms with Crippen molar-refractivity contribution >= 4 is 5.78 Å². The molecule has 4 heteroatoms. The van der Waals surface area contributed by atoms with Gasteiger partial charge in [-0.2, -0.15) is 0 Å². The van der Waals surface area contributed by atoms with Gasteiger partial charge in [0.2, 0.25) is 0 Å². The molecule has 1 aromatic rings. The molecule has 0 radical (unpaired) electrons. The Morgan fingerprint density at radius 3 is 2.62 bits per heavy atom. The first-order chi connectivity index (χ1) is 6.06. The number of hydrogen-bond acceptors (Lipinski definition) is 3. The van der Waals surface area contributed by atoms with Crippen LogP contribution in [0.1, 0.15) is 22.8 Å². The Morgan fingerprint density at radius 2 is 2.15 bits per heavy atom. The van der Waals surface area contributed by atoms with Gasteiger partial charge in [0.05, 0.1) is 6.61 Å². The lowest BCUT2D eigenvalue weighted by molar-refractivity contribution is 0.101. The second-order valence-electron chi connectivity index (χ2n) is 2.67. The molecule has 0 aliphatic carbocycles. The lowest BCUT2D eigenvalue weighted by atomic mass is 10.0. The number of ketones is 1. The van der Waals surface area contributed by atoms with Crippen LogP contribution in [-0.4, -0.2) is 16.0 Å². The second-order valence-corrected chi connectivity index (χ2v) is 2.67. The smallest absolute Gasteiger partial charge is 0.160 e. The van der Waals surface area contributed by atoms with Crippen LogP contribution in [0, 0.1) is 5.82 Å². The van der Waals surface area contributed by atoms with Gasteiger partial charge in [0.1, 0.15) is 11.6 Å². The highest BCUT2D eigenvalue weighted by molar-refractivity contribution is 5.96. The van der Waals surface area contributed by atoms with Crippen molar-refractivity contribution in [3.8, 4) is 5.75 Å². The average Bonchev–Trinajstić information content (AvgIpc) is 2.02. The fraction of sp³-hybridized carbons (Fsp3) is 0.222. The van der Waals surface area contributed by atoms with Gasteiger partial charge in [0.15, 0.2) is 5.78 Å². The lowest BCUT2D eigenvalue weighted by Gasteiger charge is -2.06. The van der Waals surface area contributed by atoms with E-state index in [0.717, 1.165) is 12.1 Å². The maximum absolute atomic E-state index is 12.7. The zero-order valence-electron chi connectivity index (χ0n) is 7.04. The van der Waals surface area contributed by atoms with Crippen molar-refractivity contribution in [2.24, 2.45) is 0 Å². The molecule has 0 saturated heterocycles. The van der Waals surface area contributed by atoms with Gasteiger partial charge in [-0.15, -0.1) is 0 Å². The molecule has 0 aromatic heterocycles. The van der Waals surface area contributed by atoms with E-state index in [0.29, 0.717) is 0 Å². The third-order valence-corrected chi connectivity index (χ3v) is 1.73. The molecule has 13 heavy (non-hydrogen) atoms. The highest BCUT2D eigenvalue weighted by Crippen LogP contribution is 2.23. The highest BCUT2D eigenvalue weighted by Gasteiger charge is 2.12. The highest BCUT2D eigenvalue weighted by atomic mass is 19.1. The van der Waals surface area contributed by atoms with E-state index in [2.05, 4.69) is 0 Å². The SMILES string of the molecule is CC(=O)c1cc(F)cc(O)c1CO. The van der Waals surface area contributed by atoms with E-state index in [1.165, 1.54) is 6.92 Å². The standard InChI is InChI=1S/C9H9FO3/c1-5(12)7-2-6(10)3-9(13)8(7)4-11/h2-3,11,13H,4H2,1H3. The predicted molar refractivity (Wildman–Crippen MR) is 44.0 cm³/mol. The van der Waals surface area contributed by atoms with Gasteiger partial charge >= 0.3 is 0 Å². The minimum absolute atomic E-state index is 0.0139. The molecular weight excluding hydrogens is 175 g/mol. The Labute approximate surface area is 74.4 Å². The third kappa shape index (κ3) is 1.84. The van der Waals surface area contributed by atoms with Gasteiger partial charge in [-0.05, 0) is 13.0 Å². The summed E-state index contributed by atoms with van der Waals surface area (Å²) in [6.45, 7) is 0.758. The van der Waals surface area contributed by atoms with E-state index < -0.39 is 18.2 Å². The fourth-order valence-electron chi connectivity index (χ4n) is 1.10. The number of carbonyl (C=O) groups excluding carboxylic acids is 1. The molecule has 3 nitrogen and oxygen atoms in total. The van der Waals surface area contributed by atoms with E-state index in [1.807, 2.05) is 0 Å². The van der Waals surface area contributed by atoms with Gasteiger partial charge in [-0.25, -0.2) is 4.39 Å². The number of aromatic hydroxyl groups is 1. The van der Waals surface area contributed by atoms with Crippen molar-refractivity contribution in [3.05, 3.63) is 29.1 Å². The van der Waals surface area contributed by atoms with E-state index in [1.54, 1.807) is 0 Å². The van der Waals surface area contributed by atoms with Gasteiger partial charge in [-0.1, -0.05) is 0 Å². The molecule has 0 aliphatic heterocycles. The van der Waals surface area contributed by atoms with Crippen molar-refractivity contribution in [3.63, 3.8) is 0 Å². The van der Waals surface area contributed by atoms with Gasteiger partial charge in [0.25, 0.3) is 0 Å². The molecular formula is C9H9FO3. The first-order valence-electron chi connectivity index (χ1n) is 3.69. The van der Waals surface area contributed by atoms with Crippen LogP contribution in [-0.2, 0) is 6.61 Å². The van der Waals surface area contributed by atoms with Crippen molar-refractivity contribution in [2.75, 3.05) is 0 Å². The van der Waals surface area contributed by atoms with Crippen molar-refractivity contribution < 1.29 is 19.4 Å². The van der Waals surface area contributed by atoms with E-state index in [4.69, 9.17) is 10.2 Å². The number of Topliss-reactive ketones (excluding diaryl/α,β-unsaturated/α-hetero) is 1. The summed E-state index contributed by atoms with van der Waals surface area (Å²) < 4.78 is 12.7. The Kier molecular flexibility index (Phi) is 2.63. The fourth-order valence-corrected chi connectivity index (χ4v) is 1.10. The van der Waals surface area contributed by atoms with Crippen LogP contribution >= 0.6 is 0 Å². The average molecular weight is 184 g/mol. The molecule has 1 aromatic carbocycles. The molecule has 2 N–H and O–H groups in total. The van der Waals surface area contributed by atoms with Crippen molar-refractivity contribution in [2.45, 2.75) is 13.5 Å². The number of hydrogen-bond donors (Lipinski definition) is 2. The number of benzene rings is 1. The van der Waals surface area contributed by atoms with E-state index >= 15 is 0 Å². The molecule has 0 spiro atoms. The lowest BCUT2D eigenvalue weighted by Crippen LogP contribution is -2.01. The first-order valence-corrected chi connectivity index (χ1v) is 3.69. The van der Waals surface area contributed by atoms with Gasteiger partial charge < -0.3 is 10.2 Å². The Bertz CT molecular complexity index is 347. The number of rotatable bonds is 2. The van der Waals surface area contributed by atoms with Crippen LogP contribution < -0.4 is 0 Å². The van der Waals surface area contributed by atoms with Crippen LogP contribution in [0.15, 0.2) is 12.1 Å². The van der Waals surface area contributed by atoms with Crippen LogP contribution in [0.5, 0.6) is 5.75 Å². The van der Waals surface area contributed by atoms with Crippen LogP contribution in [0.2, 0.25) is 0 Å². The first kappa shape index (κ1) is 9.67. The number of phenols is 1. The molecule has 70 valence electrons. The normalized spacial score (nSPS) is 10.1. The monoisotopic (exact) mass is 184 g/mol. The molecule has 0 unspecified atom stereocenters. The molecule has 0 fully saturated rings. The second kappa shape index (κ2) is 3.53. The van der Waals surface area contributed by atoms with E-state index in [9.17, 15) is 9.18 Å². The maximum atomic E-state index is 12.7. The number of halogens is 1. The zero-order valence-corrected chi connectivity index (χ0v) is 7.04. The molecule has 0 aliphatic rings. The summed E-state index contributed by atoms with van der Waals surface area (Å²) in [6, 6.07) is 1.85. The van der Waals surface area contributed by atoms with Crippen LogP contribution in [0.4, 0.5) is 4.39 Å². The molecule has 0 saturated carbocycles. The summed E-state index contributed by atoms with van der Waals surface area (Å²) in [7, 11) is 0. The van der Waals surface area contributed by atoms with Crippen LogP contribution in [0.25, 0.3) is 0 Å². The van der Waals surface area contributed by atoms with Crippen molar-refractivity contribution in [1.29, 1.82) is 0 Å². The summed E-state index contributed by atoms with van der Waals surface area (Å²) in [5, 5.41) is 18.0. The molecule has 0 atom stereocenters. The largest absolute Gasteiger partial charge is 0.507 e.